The molecule has 0 aliphatic heterocycles. The Balaban J connectivity index is 2.30. The Morgan fingerprint density at radius 3 is 2.92 bits per heavy atom. The minimum atomic E-state index is 0.866. The van der Waals surface area contributed by atoms with Gasteiger partial charge in [0.2, 0.25) is 0 Å². The second kappa shape index (κ2) is 5.36. The maximum absolute atomic E-state index is 4.02. The summed E-state index contributed by atoms with van der Waals surface area (Å²) in [5, 5.41) is 12.0. The van der Waals surface area contributed by atoms with Crippen molar-refractivity contribution >= 4 is 23.1 Å². The van der Waals surface area contributed by atoms with E-state index in [1.54, 1.807) is 23.1 Å². The van der Waals surface area contributed by atoms with Gasteiger partial charge in [0.1, 0.15) is 5.01 Å². The van der Waals surface area contributed by atoms with Gasteiger partial charge in [-0.3, -0.25) is 0 Å². The summed E-state index contributed by atoms with van der Waals surface area (Å²) in [5.41, 5.74) is 1.18. The lowest BCUT2D eigenvalue weighted by Gasteiger charge is -2.01. The molecule has 0 amide bonds. The van der Waals surface area contributed by atoms with Crippen LogP contribution in [0.5, 0.6) is 0 Å². The first-order valence-corrected chi connectivity index (χ1v) is 5.76. The smallest absolute Gasteiger partial charge is 0.174 e. The van der Waals surface area contributed by atoms with Crippen LogP contribution in [0.1, 0.15) is 5.01 Å². The zero-order chi connectivity index (χ0) is 9.68. The zero-order valence-electron chi connectivity index (χ0n) is 7.83. The molecule has 0 aliphatic carbocycles. The van der Waals surface area contributed by atoms with E-state index in [1.165, 1.54) is 5.57 Å². The Morgan fingerprint density at radius 2 is 2.38 bits per heavy atom. The molecule has 1 heterocycles. The Hall–Kier alpha value is -0.390. The van der Waals surface area contributed by atoms with Crippen LogP contribution in [0.25, 0.3) is 0 Å². The van der Waals surface area contributed by atoms with Crippen molar-refractivity contribution in [1.29, 1.82) is 0 Å². The average Bonchev–Trinajstić information content (AvgIpc) is 2.49. The van der Waals surface area contributed by atoms with E-state index in [-0.39, 0.29) is 0 Å². The van der Waals surface area contributed by atoms with E-state index in [0.717, 1.165) is 21.6 Å². The maximum atomic E-state index is 4.02. The molecule has 5 heteroatoms. The van der Waals surface area contributed by atoms with Crippen LogP contribution in [0.3, 0.4) is 0 Å². The molecule has 0 fully saturated rings. The number of aromatic nitrogens is 2. The van der Waals surface area contributed by atoms with Crippen molar-refractivity contribution in [2.45, 2.75) is 11.3 Å². The van der Waals surface area contributed by atoms with Crippen LogP contribution in [0.15, 0.2) is 16.5 Å². The first-order chi connectivity index (χ1) is 6.22. The molecule has 3 nitrogen and oxygen atoms in total. The minimum Gasteiger partial charge on any atom is -0.316 e. The van der Waals surface area contributed by atoms with Crippen LogP contribution in [0.2, 0.25) is 0 Å². The summed E-state index contributed by atoms with van der Waals surface area (Å²) >= 11 is 3.32. The summed E-state index contributed by atoms with van der Waals surface area (Å²) in [6.07, 6.45) is 0. The maximum Gasteiger partial charge on any atom is 0.174 e. The van der Waals surface area contributed by atoms with Crippen molar-refractivity contribution in [3.8, 4) is 0 Å². The van der Waals surface area contributed by atoms with Gasteiger partial charge in [-0.1, -0.05) is 35.3 Å². The third-order valence-electron chi connectivity index (χ3n) is 1.33. The van der Waals surface area contributed by atoms with E-state index in [1.807, 2.05) is 14.0 Å². The molecule has 1 N–H and O–H groups in total. The van der Waals surface area contributed by atoms with E-state index < -0.39 is 0 Å². The molecule has 0 aromatic carbocycles. The highest BCUT2D eigenvalue weighted by Gasteiger charge is 2.01. The lowest BCUT2D eigenvalue weighted by molar-refractivity contribution is 0.885. The minimum absolute atomic E-state index is 0.866. The Morgan fingerprint density at radius 1 is 1.62 bits per heavy atom. The standard InChI is InChI=1S/C8H13N3S2/c1-6(4-9-3)5-12-8-11-10-7(2)13-8/h9H,1,4-5H2,2-3H3. The Bertz CT molecular complexity index is 283. The van der Waals surface area contributed by atoms with E-state index in [4.69, 9.17) is 0 Å². The predicted molar refractivity (Wildman–Crippen MR) is 58.4 cm³/mol. The first kappa shape index (κ1) is 10.7. The van der Waals surface area contributed by atoms with Crippen molar-refractivity contribution in [1.82, 2.24) is 15.5 Å². The van der Waals surface area contributed by atoms with Crippen LogP contribution in [-0.2, 0) is 0 Å². The highest BCUT2D eigenvalue weighted by atomic mass is 32.2. The summed E-state index contributed by atoms with van der Waals surface area (Å²) in [5.74, 6) is 0.912. The molecule has 0 unspecified atom stereocenters. The molecular weight excluding hydrogens is 202 g/mol. The van der Waals surface area contributed by atoms with Crippen LogP contribution in [0.4, 0.5) is 0 Å². The molecule has 0 bridgehead atoms. The number of hydrogen-bond donors (Lipinski definition) is 1. The number of nitrogens with zero attached hydrogens (tertiary/aromatic N) is 2. The lowest BCUT2D eigenvalue weighted by atomic mass is 10.3. The molecule has 13 heavy (non-hydrogen) atoms. The van der Waals surface area contributed by atoms with Crippen molar-refractivity contribution in [2.24, 2.45) is 0 Å². The average molecular weight is 215 g/mol. The molecule has 0 radical (unpaired) electrons. The Labute approximate surface area is 86.7 Å². The Kier molecular flexibility index (Phi) is 4.41. The van der Waals surface area contributed by atoms with Crippen molar-refractivity contribution in [3.63, 3.8) is 0 Å². The summed E-state index contributed by atoms with van der Waals surface area (Å²) < 4.78 is 1.02. The SMILES string of the molecule is C=C(CNC)CSc1nnc(C)s1. The van der Waals surface area contributed by atoms with Gasteiger partial charge in [-0.25, -0.2) is 0 Å². The zero-order valence-corrected chi connectivity index (χ0v) is 9.47. The number of thioether (sulfide) groups is 1. The van der Waals surface area contributed by atoms with Gasteiger partial charge < -0.3 is 5.32 Å². The van der Waals surface area contributed by atoms with Gasteiger partial charge in [0.05, 0.1) is 0 Å². The fraction of sp³-hybridized carbons (Fsp3) is 0.500. The lowest BCUT2D eigenvalue weighted by Crippen LogP contribution is -2.10. The van der Waals surface area contributed by atoms with E-state index in [9.17, 15) is 0 Å². The van der Waals surface area contributed by atoms with E-state index in [0.29, 0.717) is 0 Å². The van der Waals surface area contributed by atoms with Gasteiger partial charge >= 0.3 is 0 Å². The normalized spacial score (nSPS) is 10.3. The molecule has 0 spiro atoms. The monoisotopic (exact) mass is 215 g/mol. The third kappa shape index (κ3) is 3.89. The third-order valence-corrected chi connectivity index (χ3v) is 3.45. The van der Waals surface area contributed by atoms with Crippen LogP contribution in [0, 0.1) is 6.92 Å². The van der Waals surface area contributed by atoms with Gasteiger partial charge in [-0.2, -0.15) is 0 Å². The van der Waals surface area contributed by atoms with Crippen LogP contribution >= 0.6 is 23.1 Å². The van der Waals surface area contributed by atoms with Gasteiger partial charge in [0.25, 0.3) is 0 Å². The molecule has 0 saturated heterocycles. The number of nitrogens with one attached hydrogen (secondary N) is 1. The molecule has 72 valence electrons. The number of hydrogen-bond acceptors (Lipinski definition) is 5. The summed E-state index contributed by atoms with van der Waals surface area (Å²) in [6.45, 7) is 6.77. The van der Waals surface area contributed by atoms with E-state index >= 15 is 0 Å². The van der Waals surface area contributed by atoms with Crippen LogP contribution in [-0.4, -0.2) is 29.5 Å². The van der Waals surface area contributed by atoms with Gasteiger partial charge in [0.15, 0.2) is 4.34 Å². The molecule has 1 rings (SSSR count). The summed E-state index contributed by atoms with van der Waals surface area (Å²) in [7, 11) is 1.92. The molecule has 0 aliphatic rings. The second-order valence-corrected chi connectivity index (χ2v) is 5.06. The molecule has 0 saturated carbocycles. The van der Waals surface area contributed by atoms with Crippen molar-refractivity contribution < 1.29 is 0 Å². The molecular formula is C8H13N3S2. The fourth-order valence-electron chi connectivity index (χ4n) is 0.802. The van der Waals surface area contributed by atoms with Crippen LogP contribution < -0.4 is 5.32 Å². The first-order valence-electron chi connectivity index (χ1n) is 3.96. The second-order valence-electron chi connectivity index (χ2n) is 2.66. The highest BCUT2D eigenvalue weighted by Crippen LogP contribution is 2.22. The van der Waals surface area contributed by atoms with Gasteiger partial charge in [0, 0.05) is 12.3 Å². The fourth-order valence-corrected chi connectivity index (χ4v) is 2.52. The summed E-state index contributed by atoms with van der Waals surface area (Å²) in [6, 6.07) is 0. The predicted octanol–water partition coefficient (Wildman–Crippen LogP) is 1.71. The van der Waals surface area contributed by atoms with Crippen molar-refractivity contribution in [3.05, 3.63) is 17.2 Å². The number of aryl methyl sites for hydroxylation is 1. The topological polar surface area (TPSA) is 37.8 Å². The molecule has 1 aromatic rings. The van der Waals surface area contributed by atoms with Crippen molar-refractivity contribution in [2.75, 3.05) is 19.3 Å². The largest absolute Gasteiger partial charge is 0.316 e. The number of likely N-dealkylation sites (N-methyl/N-ethyl adjacent to an activating group) is 1. The highest BCUT2D eigenvalue weighted by molar-refractivity contribution is 8.01. The summed E-state index contributed by atoms with van der Waals surface area (Å²) in [4.78, 5) is 0. The van der Waals surface area contributed by atoms with Gasteiger partial charge in [-0.15, -0.1) is 10.2 Å². The number of rotatable bonds is 5. The molecule has 1 aromatic heterocycles. The quantitative estimate of drug-likeness (QED) is 0.599. The molecule has 0 atom stereocenters. The van der Waals surface area contributed by atoms with Gasteiger partial charge in [-0.05, 0) is 14.0 Å². The van der Waals surface area contributed by atoms with E-state index in [2.05, 4.69) is 22.1 Å².